The zero-order chi connectivity index (χ0) is 21.6. The fraction of sp³-hybridized carbons (Fsp3) is 0.200. The number of phenolic OH excluding ortho intramolecular Hbond substituents is 3. The van der Waals surface area contributed by atoms with Gasteiger partial charge in [0.2, 0.25) is 5.78 Å². The average molecular weight is 399 g/mol. The topological polar surface area (TPSA) is 161 Å². The first kappa shape index (κ1) is 19.9. The Morgan fingerprint density at radius 2 is 1.41 bits per heavy atom. The molecule has 0 aliphatic heterocycles. The number of phenols is 3. The van der Waals surface area contributed by atoms with Crippen molar-refractivity contribution in [1.82, 2.24) is 5.32 Å². The van der Waals surface area contributed by atoms with E-state index < -0.39 is 58.2 Å². The number of fused-ring (bicyclic) bond motifs is 2. The zero-order valence-corrected chi connectivity index (χ0v) is 15.4. The highest BCUT2D eigenvalue weighted by Crippen LogP contribution is 2.39. The molecule has 9 nitrogen and oxygen atoms in total. The van der Waals surface area contributed by atoms with Gasteiger partial charge in [-0.3, -0.25) is 14.4 Å². The Morgan fingerprint density at radius 1 is 0.862 bits per heavy atom. The Kier molecular flexibility index (Phi) is 4.75. The number of amides is 1. The third-order valence-corrected chi connectivity index (χ3v) is 4.64. The van der Waals surface area contributed by atoms with Crippen LogP contribution in [0.15, 0.2) is 24.3 Å². The summed E-state index contributed by atoms with van der Waals surface area (Å²) in [5.74, 6) is -5.89. The Balaban J connectivity index is 2.09. The van der Waals surface area contributed by atoms with Crippen LogP contribution in [0.1, 0.15) is 56.0 Å². The molecule has 1 aliphatic rings. The number of carboxylic acids is 1. The number of aliphatic carboxylic acids is 1. The largest absolute Gasteiger partial charge is 0.508 e. The van der Waals surface area contributed by atoms with E-state index in [1.807, 2.05) is 0 Å². The zero-order valence-electron chi connectivity index (χ0n) is 15.4. The first-order valence-electron chi connectivity index (χ1n) is 8.59. The molecule has 0 fully saturated rings. The van der Waals surface area contributed by atoms with Gasteiger partial charge in [0.25, 0.3) is 5.91 Å². The van der Waals surface area contributed by atoms with Crippen molar-refractivity contribution in [2.45, 2.75) is 19.9 Å². The van der Waals surface area contributed by atoms with E-state index in [2.05, 4.69) is 5.32 Å². The van der Waals surface area contributed by atoms with E-state index in [1.165, 1.54) is 0 Å². The Bertz CT molecular complexity index is 1090. The molecule has 0 aromatic heterocycles. The predicted molar refractivity (Wildman–Crippen MR) is 98.5 cm³/mol. The van der Waals surface area contributed by atoms with Crippen LogP contribution in [0.5, 0.6) is 17.2 Å². The molecule has 0 saturated carbocycles. The standard InChI is InChI=1S/C20H17NO8/c1-7(2)16(20(28)29)21-19(27)8-3-10-14(12(23)4-8)18(26)15-11(17(10)25)5-9(22)6-13(15)24/h3-7,16,22-24H,1-2H3,(H,21,27)(H,28,29). The lowest BCUT2D eigenvalue weighted by Gasteiger charge is -2.21. The van der Waals surface area contributed by atoms with Crippen molar-refractivity contribution in [3.05, 3.63) is 52.1 Å². The molecule has 0 bridgehead atoms. The second kappa shape index (κ2) is 6.93. The minimum Gasteiger partial charge on any atom is -0.508 e. The van der Waals surface area contributed by atoms with Gasteiger partial charge in [0, 0.05) is 22.8 Å². The first-order valence-corrected chi connectivity index (χ1v) is 8.59. The number of hydrogen-bond acceptors (Lipinski definition) is 7. The molecular formula is C20H17NO8. The van der Waals surface area contributed by atoms with Gasteiger partial charge in [-0.05, 0) is 24.1 Å². The van der Waals surface area contributed by atoms with Gasteiger partial charge in [0.15, 0.2) is 5.78 Å². The summed E-state index contributed by atoms with van der Waals surface area (Å²) in [6.07, 6.45) is 0. The number of rotatable bonds is 4. The van der Waals surface area contributed by atoms with Crippen LogP contribution in [-0.4, -0.2) is 49.9 Å². The molecule has 0 saturated heterocycles. The highest BCUT2D eigenvalue weighted by molar-refractivity contribution is 6.30. The third kappa shape index (κ3) is 3.27. The second-order valence-corrected chi connectivity index (χ2v) is 7.00. The number of benzene rings is 2. The number of aromatic hydroxyl groups is 3. The van der Waals surface area contributed by atoms with Gasteiger partial charge in [0.05, 0.1) is 11.1 Å². The van der Waals surface area contributed by atoms with Crippen molar-refractivity contribution in [2.24, 2.45) is 5.92 Å². The van der Waals surface area contributed by atoms with Crippen LogP contribution in [0.25, 0.3) is 0 Å². The lowest BCUT2D eigenvalue weighted by atomic mass is 9.82. The van der Waals surface area contributed by atoms with Gasteiger partial charge in [-0.15, -0.1) is 0 Å². The number of hydrogen-bond donors (Lipinski definition) is 5. The van der Waals surface area contributed by atoms with Gasteiger partial charge in [-0.1, -0.05) is 13.8 Å². The van der Waals surface area contributed by atoms with Gasteiger partial charge in [-0.2, -0.15) is 0 Å². The number of carbonyl (C=O) groups is 4. The van der Waals surface area contributed by atoms with Crippen molar-refractivity contribution in [1.29, 1.82) is 0 Å². The van der Waals surface area contributed by atoms with Crippen LogP contribution in [0.2, 0.25) is 0 Å². The summed E-state index contributed by atoms with van der Waals surface area (Å²) in [4.78, 5) is 49.3. The van der Waals surface area contributed by atoms with Crippen molar-refractivity contribution in [2.75, 3.05) is 0 Å². The Morgan fingerprint density at radius 3 is 1.97 bits per heavy atom. The van der Waals surface area contributed by atoms with E-state index in [-0.39, 0.29) is 22.3 Å². The highest BCUT2D eigenvalue weighted by Gasteiger charge is 2.36. The van der Waals surface area contributed by atoms with E-state index in [0.717, 1.165) is 24.3 Å². The molecule has 1 amide bonds. The van der Waals surface area contributed by atoms with Crippen LogP contribution in [0.4, 0.5) is 0 Å². The molecule has 3 rings (SSSR count). The summed E-state index contributed by atoms with van der Waals surface area (Å²) in [6, 6.07) is 2.70. The SMILES string of the molecule is CC(C)C(NC(=O)c1cc(O)c2c(c1)C(=O)c1cc(O)cc(O)c1C2=O)C(=O)O. The molecule has 1 unspecified atom stereocenters. The lowest BCUT2D eigenvalue weighted by molar-refractivity contribution is -0.140. The molecule has 2 aromatic rings. The van der Waals surface area contributed by atoms with Crippen LogP contribution < -0.4 is 5.32 Å². The molecular weight excluding hydrogens is 382 g/mol. The number of nitrogens with one attached hydrogen (secondary N) is 1. The minimum atomic E-state index is -1.25. The lowest BCUT2D eigenvalue weighted by Crippen LogP contribution is -2.44. The summed E-state index contributed by atoms with van der Waals surface area (Å²) in [5, 5.41) is 41.4. The van der Waals surface area contributed by atoms with Gasteiger partial charge >= 0.3 is 5.97 Å². The number of ketones is 2. The van der Waals surface area contributed by atoms with Crippen molar-refractivity contribution in [3.8, 4) is 17.2 Å². The maximum absolute atomic E-state index is 12.8. The molecule has 0 radical (unpaired) electrons. The molecule has 0 heterocycles. The van der Waals surface area contributed by atoms with Gasteiger partial charge in [0.1, 0.15) is 23.3 Å². The molecule has 150 valence electrons. The molecule has 9 heteroatoms. The normalized spacial score (nSPS) is 13.6. The summed E-state index contributed by atoms with van der Waals surface area (Å²) in [5.41, 5.74) is -1.55. The maximum Gasteiger partial charge on any atom is 0.326 e. The minimum absolute atomic E-state index is 0.220. The molecule has 1 aliphatic carbocycles. The quantitative estimate of drug-likeness (QED) is 0.440. The third-order valence-electron chi connectivity index (χ3n) is 4.64. The van der Waals surface area contributed by atoms with E-state index in [0.29, 0.717) is 0 Å². The molecule has 1 atom stereocenters. The summed E-state index contributed by atoms with van der Waals surface area (Å²) in [7, 11) is 0. The van der Waals surface area contributed by atoms with Crippen LogP contribution in [-0.2, 0) is 4.79 Å². The number of carboxylic acid groups (broad SMARTS) is 1. The van der Waals surface area contributed by atoms with Gasteiger partial charge in [-0.25, -0.2) is 4.79 Å². The van der Waals surface area contributed by atoms with Crippen LogP contribution in [0, 0.1) is 5.92 Å². The van der Waals surface area contributed by atoms with Crippen molar-refractivity contribution < 1.29 is 39.6 Å². The first-order chi connectivity index (χ1) is 13.5. The molecule has 5 N–H and O–H groups in total. The summed E-state index contributed by atoms with van der Waals surface area (Å²) >= 11 is 0. The molecule has 0 spiro atoms. The second-order valence-electron chi connectivity index (χ2n) is 7.00. The van der Waals surface area contributed by atoms with Crippen LogP contribution in [0.3, 0.4) is 0 Å². The van der Waals surface area contributed by atoms with Crippen molar-refractivity contribution >= 4 is 23.4 Å². The number of carbonyl (C=O) groups excluding carboxylic acids is 3. The maximum atomic E-state index is 12.8. The van der Waals surface area contributed by atoms with Crippen LogP contribution >= 0.6 is 0 Å². The average Bonchev–Trinajstić information content (AvgIpc) is 2.62. The van der Waals surface area contributed by atoms with Gasteiger partial charge < -0.3 is 25.7 Å². The Labute approximate surface area is 164 Å². The summed E-state index contributed by atoms with van der Waals surface area (Å²) < 4.78 is 0. The smallest absolute Gasteiger partial charge is 0.326 e. The molecule has 2 aromatic carbocycles. The molecule has 29 heavy (non-hydrogen) atoms. The fourth-order valence-electron chi connectivity index (χ4n) is 3.21. The Hall–Kier alpha value is -3.88. The van der Waals surface area contributed by atoms with E-state index in [4.69, 9.17) is 0 Å². The van der Waals surface area contributed by atoms with Crippen molar-refractivity contribution in [3.63, 3.8) is 0 Å². The van der Waals surface area contributed by atoms with E-state index in [9.17, 15) is 39.6 Å². The summed E-state index contributed by atoms with van der Waals surface area (Å²) in [6.45, 7) is 3.20. The monoisotopic (exact) mass is 399 g/mol. The predicted octanol–water partition coefficient (Wildman–Crippen LogP) is 1.42. The fourth-order valence-corrected chi connectivity index (χ4v) is 3.21. The highest BCUT2D eigenvalue weighted by atomic mass is 16.4. The van der Waals surface area contributed by atoms with E-state index in [1.54, 1.807) is 13.8 Å². The van der Waals surface area contributed by atoms with E-state index >= 15 is 0 Å².